The molecule has 0 fully saturated rings. The fourth-order valence-electron chi connectivity index (χ4n) is 4.57. The van der Waals surface area contributed by atoms with Crippen molar-refractivity contribution in [3.8, 4) is 16.8 Å². The molecule has 0 atom stereocenters. The van der Waals surface area contributed by atoms with Crippen LogP contribution in [0.4, 0.5) is 26.3 Å². The van der Waals surface area contributed by atoms with E-state index in [2.05, 4.69) is 10.3 Å². The van der Waals surface area contributed by atoms with Crippen molar-refractivity contribution in [1.82, 2.24) is 24.8 Å². The fraction of sp³-hybridized carbons (Fsp3) is 0.167. The summed E-state index contributed by atoms with van der Waals surface area (Å²) in [5.74, 6) is -10.2. The van der Waals surface area contributed by atoms with Gasteiger partial charge in [0.2, 0.25) is 0 Å². The Morgan fingerprint density at radius 2 is 1.34 bits per heavy atom. The number of halogens is 6. The number of benzene rings is 3. The lowest BCUT2D eigenvalue weighted by Gasteiger charge is -2.25. The van der Waals surface area contributed by atoms with Crippen LogP contribution in [0.5, 0.6) is 0 Å². The Hall–Kier alpha value is -4.02. The monoisotopic (exact) mass is 489 g/mol. The van der Waals surface area contributed by atoms with Gasteiger partial charge in [-0.1, -0.05) is 17.3 Å². The third-order valence-corrected chi connectivity index (χ3v) is 5.87. The van der Waals surface area contributed by atoms with Crippen molar-refractivity contribution in [2.75, 3.05) is 28.2 Å². The predicted molar refractivity (Wildman–Crippen MR) is 118 cm³/mol. The average Bonchev–Trinajstić information content (AvgIpc) is 3.41. The molecule has 0 amide bonds. The van der Waals surface area contributed by atoms with Crippen molar-refractivity contribution < 1.29 is 26.3 Å². The van der Waals surface area contributed by atoms with E-state index in [0.717, 1.165) is 10.8 Å². The molecule has 0 spiro atoms. The number of para-hydroxylation sites is 1. The highest BCUT2D eigenvalue weighted by atomic mass is 19.2. The van der Waals surface area contributed by atoms with Gasteiger partial charge in [0.05, 0.1) is 10.7 Å². The van der Waals surface area contributed by atoms with Crippen LogP contribution in [0, 0.1) is 34.9 Å². The number of fused-ring (bicyclic) bond motifs is 4. The van der Waals surface area contributed by atoms with E-state index in [4.69, 9.17) is 0 Å². The molecule has 0 saturated heterocycles. The van der Waals surface area contributed by atoms with E-state index in [1.807, 2.05) is 0 Å². The smallest absolute Gasteiger partial charge is 0.197 e. The van der Waals surface area contributed by atoms with Crippen LogP contribution >= 0.6 is 0 Å². The van der Waals surface area contributed by atoms with Gasteiger partial charge in [0, 0.05) is 50.1 Å². The first-order valence-corrected chi connectivity index (χ1v) is 10.3. The van der Waals surface area contributed by atoms with Crippen molar-refractivity contribution in [2.45, 2.75) is 0 Å². The first-order valence-electron chi connectivity index (χ1n) is 10.3. The molecular formula is C24H17F6N5. The first kappa shape index (κ1) is 22.8. The summed E-state index contributed by atoms with van der Waals surface area (Å²) in [4.78, 5) is 2.91. The second-order valence-corrected chi connectivity index (χ2v) is 8.43. The van der Waals surface area contributed by atoms with Gasteiger partial charge in [-0.25, -0.2) is 31.0 Å². The maximum absolute atomic E-state index is 15.2. The zero-order chi connectivity index (χ0) is 25.3. The van der Waals surface area contributed by atoms with Gasteiger partial charge in [-0.05, 0) is 18.2 Å². The molecule has 1 aliphatic rings. The summed E-state index contributed by atoms with van der Waals surface area (Å²) in [6.07, 6.45) is 1.11. The highest BCUT2D eigenvalue weighted by molar-refractivity contribution is 5.89. The summed E-state index contributed by atoms with van der Waals surface area (Å²) in [5, 5.41) is 7.12. The van der Waals surface area contributed by atoms with Gasteiger partial charge in [-0.3, -0.25) is 0 Å². The second-order valence-electron chi connectivity index (χ2n) is 8.43. The molecule has 0 unspecified atom stereocenters. The summed E-state index contributed by atoms with van der Waals surface area (Å²) in [6.45, 7) is 0. The highest BCUT2D eigenvalue weighted by Gasteiger charge is 2.35. The molecule has 1 heterocycles. The van der Waals surface area contributed by atoms with Gasteiger partial charge in [0.15, 0.2) is 34.9 Å². The van der Waals surface area contributed by atoms with Crippen LogP contribution in [-0.4, -0.2) is 53.0 Å². The molecule has 1 aromatic heterocycles. The van der Waals surface area contributed by atoms with Gasteiger partial charge >= 0.3 is 0 Å². The Kier molecular flexibility index (Phi) is 5.04. The van der Waals surface area contributed by atoms with Crippen molar-refractivity contribution in [2.24, 2.45) is 0 Å². The van der Waals surface area contributed by atoms with E-state index >= 15 is 17.6 Å². The summed E-state index contributed by atoms with van der Waals surface area (Å²) >= 11 is 0. The molecule has 5 nitrogen and oxygen atoms in total. The van der Waals surface area contributed by atoms with E-state index in [1.54, 1.807) is 46.4 Å². The van der Waals surface area contributed by atoms with E-state index in [1.165, 1.54) is 15.9 Å². The molecule has 11 heteroatoms. The van der Waals surface area contributed by atoms with Crippen molar-refractivity contribution in [3.05, 3.63) is 75.2 Å². The summed E-state index contributed by atoms with van der Waals surface area (Å²) in [6, 6.07) is 6.37. The molecule has 0 aliphatic heterocycles. The first-order chi connectivity index (χ1) is 16.6. The number of nitrogens with zero attached hydrogens (tertiary/aromatic N) is 5. The van der Waals surface area contributed by atoms with Gasteiger partial charge in [0.1, 0.15) is 17.0 Å². The number of hydrogen-bond acceptors (Lipinski definition) is 4. The minimum absolute atomic E-state index is 0.121. The van der Waals surface area contributed by atoms with Crippen LogP contribution in [0.15, 0.2) is 24.3 Å². The zero-order valence-electron chi connectivity index (χ0n) is 18.9. The van der Waals surface area contributed by atoms with Crippen molar-refractivity contribution in [3.63, 3.8) is 0 Å². The van der Waals surface area contributed by atoms with E-state index in [9.17, 15) is 8.78 Å². The SMILES string of the molecule is CN(C)C(=c1c(F)c(F)c(F)c2c1=Cc1c-2c(F)c(F)c(F)c1-n1nnc2ccccc21)N(C)C. The lowest BCUT2D eigenvalue weighted by Crippen LogP contribution is -2.41. The van der Waals surface area contributed by atoms with Crippen LogP contribution in [0.3, 0.4) is 0 Å². The molecule has 3 aromatic carbocycles. The normalized spacial score (nSPS) is 11.9. The standard InChI is InChI=1S/C24H17F6N5/c1-33(2)24(34(3)4)16-10-9-11-15(14(10)17(25)20(28)19(16)27)18(26)21(29)22(30)23(11)35-13-8-6-5-7-12(13)31-32-35/h5-9H,1-4H3. The lowest BCUT2D eigenvalue weighted by atomic mass is 10.00. The largest absolute Gasteiger partial charge is 0.364 e. The maximum atomic E-state index is 15.2. The van der Waals surface area contributed by atoms with E-state index in [0.29, 0.717) is 5.52 Å². The van der Waals surface area contributed by atoms with Crippen LogP contribution in [0.2, 0.25) is 0 Å². The Labute approximate surface area is 194 Å². The fourth-order valence-corrected chi connectivity index (χ4v) is 4.57. The Morgan fingerprint density at radius 3 is 2.00 bits per heavy atom. The number of rotatable bonds is 3. The topological polar surface area (TPSA) is 37.2 Å². The van der Waals surface area contributed by atoms with E-state index < -0.39 is 51.7 Å². The van der Waals surface area contributed by atoms with Crippen LogP contribution in [0.25, 0.3) is 39.7 Å². The molecule has 1 aliphatic carbocycles. The highest BCUT2D eigenvalue weighted by Crippen LogP contribution is 2.39. The summed E-state index contributed by atoms with van der Waals surface area (Å²) in [5.41, 5.74) is -1.74. The lowest BCUT2D eigenvalue weighted by molar-refractivity contribution is 0.412. The quantitative estimate of drug-likeness (QED) is 0.288. The molecule has 0 N–H and O–H groups in total. The Balaban J connectivity index is 2.03. The molecule has 0 radical (unpaired) electrons. The van der Waals surface area contributed by atoms with Gasteiger partial charge in [-0.15, -0.1) is 5.10 Å². The number of aromatic nitrogens is 3. The average molecular weight is 489 g/mol. The third-order valence-electron chi connectivity index (χ3n) is 5.87. The summed E-state index contributed by atoms with van der Waals surface area (Å²) in [7, 11) is 6.21. The van der Waals surface area contributed by atoms with Crippen LogP contribution < -0.4 is 10.4 Å². The predicted octanol–water partition coefficient (Wildman–Crippen LogP) is 3.25. The van der Waals surface area contributed by atoms with Crippen LogP contribution in [-0.2, 0) is 0 Å². The molecule has 35 heavy (non-hydrogen) atoms. The Bertz CT molecular complexity index is 1660. The van der Waals surface area contributed by atoms with Gasteiger partial charge in [-0.2, -0.15) is 0 Å². The molecule has 0 saturated carbocycles. The Morgan fingerprint density at radius 1 is 0.743 bits per heavy atom. The second kappa shape index (κ2) is 7.76. The van der Waals surface area contributed by atoms with Gasteiger partial charge in [0.25, 0.3) is 0 Å². The minimum atomic E-state index is -1.91. The third kappa shape index (κ3) is 3.03. The van der Waals surface area contributed by atoms with E-state index in [-0.39, 0.29) is 27.3 Å². The summed E-state index contributed by atoms with van der Waals surface area (Å²) < 4.78 is 91.2. The minimum Gasteiger partial charge on any atom is -0.364 e. The maximum Gasteiger partial charge on any atom is 0.197 e. The molecular weight excluding hydrogens is 472 g/mol. The molecule has 5 rings (SSSR count). The van der Waals surface area contributed by atoms with Crippen molar-refractivity contribution >= 4 is 22.9 Å². The van der Waals surface area contributed by atoms with Crippen LogP contribution in [0.1, 0.15) is 5.56 Å². The van der Waals surface area contributed by atoms with Crippen molar-refractivity contribution in [1.29, 1.82) is 0 Å². The van der Waals surface area contributed by atoms with Gasteiger partial charge < -0.3 is 9.80 Å². The number of hydrogen-bond donors (Lipinski definition) is 0. The molecule has 4 aromatic rings. The zero-order valence-corrected chi connectivity index (χ0v) is 18.9. The molecule has 180 valence electrons. The molecule has 0 bridgehead atoms.